The molecule has 0 saturated carbocycles. The number of ether oxygens (including phenoxy) is 1. The van der Waals surface area contributed by atoms with Gasteiger partial charge in [0.05, 0.1) is 15.8 Å². The lowest BCUT2D eigenvalue weighted by Crippen LogP contribution is -2.20. The van der Waals surface area contributed by atoms with E-state index in [0.717, 1.165) is 0 Å². The highest BCUT2D eigenvalue weighted by Gasteiger charge is 2.35. The molecule has 0 bridgehead atoms. The van der Waals surface area contributed by atoms with Gasteiger partial charge in [-0.3, -0.25) is 19.2 Å². The first-order valence-corrected chi connectivity index (χ1v) is 17.5. The molecule has 0 saturated heterocycles. The fourth-order valence-electron chi connectivity index (χ4n) is 5.04. The van der Waals surface area contributed by atoms with Gasteiger partial charge in [-0.15, -0.1) is 0 Å². The monoisotopic (exact) mass is 650 g/mol. The van der Waals surface area contributed by atoms with Crippen LogP contribution < -0.4 is 15.3 Å². The highest BCUT2D eigenvalue weighted by molar-refractivity contribution is 7.96. The van der Waals surface area contributed by atoms with Crippen LogP contribution in [0.15, 0.2) is 170 Å². The van der Waals surface area contributed by atoms with E-state index in [1.54, 1.807) is 146 Å². The van der Waals surface area contributed by atoms with Gasteiger partial charge in [-0.25, -0.2) is 0 Å². The molecule has 0 aliphatic rings. The van der Waals surface area contributed by atoms with Gasteiger partial charge < -0.3 is 4.74 Å². The van der Waals surface area contributed by atoms with Crippen molar-refractivity contribution >= 4 is 48.5 Å². The Morgan fingerprint density at radius 2 is 0.553 bits per heavy atom. The van der Waals surface area contributed by atoms with Crippen molar-refractivity contribution < 1.29 is 23.9 Å². The quantitative estimate of drug-likeness (QED) is 0.124. The average Bonchev–Trinajstić information content (AvgIpc) is 3.14. The van der Waals surface area contributed by atoms with Crippen molar-refractivity contribution in [2.24, 2.45) is 0 Å². The molecular formula is C40H28O5P2. The van der Waals surface area contributed by atoms with Gasteiger partial charge >= 0.3 is 0 Å². The lowest BCUT2D eigenvalue weighted by atomic mass is 10.2. The first-order chi connectivity index (χ1) is 23.0. The van der Waals surface area contributed by atoms with Gasteiger partial charge in [-0.05, 0) is 24.3 Å². The number of para-hydroxylation sites is 2. The number of hydrogen-bond donors (Lipinski definition) is 0. The molecule has 6 aromatic carbocycles. The van der Waals surface area contributed by atoms with Crippen LogP contribution in [0.2, 0.25) is 0 Å². The Morgan fingerprint density at radius 3 is 0.830 bits per heavy atom. The molecule has 0 aliphatic heterocycles. The molecule has 0 atom stereocenters. The third-order valence-corrected chi connectivity index (χ3v) is 11.7. The second-order valence-electron chi connectivity index (χ2n) is 10.4. The van der Waals surface area contributed by atoms with Crippen LogP contribution in [0.1, 0.15) is 41.4 Å². The second kappa shape index (κ2) is 14.8. The molecule has 6 rings (SSSR count). The second-order valence-corrected chi connectivity index (χ2v) is 14.3. The van der Waals surface area contributed by atoms with Gasteiger partial charge in [-0.1, -0.05) is 146 Å². The van der Waals surface area contributed by atoms with Gasteiger partial charge in [-0.2, -0.15) is 0 Å². The van der Waals surface area contributed by atoms with E-state index < -0.39 is 15.8 Å². The third-order valence-electron chi connectivity index (χ3n) is 7.33. The minimum atomic E-state index is -2.10. The minimum Gasteiger partial charge on any atom is -0.456 e. The fraction of sp³-hybridized carbons (Fsp3) is 0. The van der Waals surface area contributed by atoms with Crippen LogP contribution in [0.25, 0.3) is 0 Å². The standard InChI is InChI=1S/C40H28O5P2/c41-37(29-17-5-1-6-18-29)46(38(42)30-19-7-2-8-20-30)35-27-15-13-25-33(35)45-34-26-14-16-28-36(34)47(39(43)31-21-9-3-10-22-31)40(44)32-23-11-4-12-24-32/h1-28H. The van der Waals surface area contributed by atoms with Gasteiger partial charge in [0.2, 0.25) is 0 Å². The summed E-state index contributed by atoms with van der Waals surface area (Å²) in [4.78, 5) is 56.4. The van der Waals surface area contributed by atoms with Crippen LogP contribution >= 0.6 is 15.8 Å². The molecule has 7 heteroatoms. The smallest absolute Gasteiger partial charge is 0.196 e. The van der Waals surface area contributed by atoms with Crippen LogP contribution in [0.4, 0.5) is 0 Å². The van der Waals surface area contributed by atoms with Crippen molar-refractivity contribution in [2.45, 2.75) is 0 Å². The summed E-state index contributed by atoms with van der Waals surface area (Å²) in [6.07, 6.45) is 0. The van der Waals surface area contributed by atoms with Gasteiger partial charge in [0.15, 0.2) is 22.1 Å². The van der Waals surface area contributed by atoms with E-state index in [2.05, 4.69) is 0 Å². The SMILES string of the molecule is O=C(c1ccccc1)P(C(=O)c1ccccc1)c1ccccc1Oc1ccccc1P(C(=O)c1ccccc1)C(=O)c1ccccc1. The predicted octanol–water partition coefficient (Wildman–Crippen LogP) is 9.05. The Hall–Kier alpha value is -5.34. The summed E-state index contributed by atoms with van der Waals surface area (Å²) in [6.45, 7) is 0. The first kappa shape index (κ1) is 31.6. The Balaban J connectivity index is 1.46. The molecule has 0 radical (unpaired) electrons. The minimum absolute atomic E-state index is 0.300. The highest BCUT2D eigenvalue weighted by atomic mass is 31.1. The maximum Gasteiger partial charge on any atom is 0.196 e. The van der Waals surface area contributed by atoms with Gasteiger partial charge in [0.25, 0.3) is 0 Å². The highest BCUT2D eigenvalue weighted by Crippen LogP contribution is 2.48. The van der Waals surface area contributed by atoms with E-state index >= 15 is 0 Å². The molecule has 0 N–H and O–H groups in total. The number of carbonyl (C=O) groups is 4. The lowest BCUT2D eigenvalue weighted by molar-refractivity contribution is 0.103. The number of rotatable bonds is 12. The molecule has 0 aliphatic carbocycles. The molecule has 0 heterocycles. The van der Waals surface area contributed by atoms with Crippen molar-refractivity contribution in [1.29, 1.82) is 0 Å². The lowest BCUT2D eigenvalue weighted by Gasteiger charge is -2.22. The van der Waals surface area contributed by atoms with Gasteiger partial charge in [0.1, 0.15) is 11.5 Å². The van der Waals surface area contributed by atoms with E-state index in [4.69, 9.17) is 4.74 Å². The Bertz CT molecular complexity index is 1780. The number of carbonyl (C=O) groups excluding carboxylic acids is 4. The Labute approximate surface area is 275 Å². The summed E-state index contributed by atoms with van der Waals surface area (Å²) >= 11 is 0. The molecular weight excluding hydrogens is 622 g/mol. The largest absolute Gasteiger partial charge is 0.456 e. The van der Waals surface area contributed by atoms with Crippen molar-refractivity contribution in [3.63, 3.8) is 0 Å². The number of hydrogen-bond acceptors (Lipinski definition) is 5. The molecule has 0 aromatic heterocycles. The summed E-state index contributed by atoms with van der Waals surface area (Å²) in [7, 11) is -4.20. The average molecular weight is 651 g/mol. The van der Waals surface area contributed by atoms with Crippen molar-refractivity contribution in [3.8, 4) is 11.5 Å². The normalized spacial score (nSPS) is 10.9. The van der Waals surface area contributed by atoms with Crippen LogP contribution in [0, 0.1) is 0 Å². The molecule has 6 aromatic rings. The Morgan fingerprint density at radius 1 is 0.319 bits per heavy atom. The topological polar surface area (TPSA) is 77.5 Å². The molecule has 5 nitrogen and oxygen atoms in total. The fourth-order valence-corrected chi connectivity index (χ4v) is 9.06. The zero-order valence-corrected chi connectivity index (χ0v) is 26.9. The van der Waals surface area contributed by atoms with E-state index in [9.17, 15) is 19.2 Å². The van der Waals surface area contributed by atoms with Crippen LogP contribution in [0.5, 0.6) is 11.5 Å². The zero-order chi connectivity index (χ0) is 32.6. The van der Waals surface area contributed by atoms with Crippen molar-refractivity contribution in [1.82, 2.24) is 0 Å². The van der Waals surface area contributed by atoms with Crippen LogP contribution in [-0.2, 0) is 0 Å². The molecule has 0 amide bonds. The van der Waals surface area contributed by atoms with Crippen LogP contribution in [-0.4, -0.2) is 22.1 Å². The summed E-state index contributed by atoms with van der Waals surface area (Å²) in [5, 5.41) is 0.876. The van der Waals surface area contributed by atoms with Gasteiger partial charge in [0, 0.05) is 32.9 Å². The Kier molecular flexibility index (Phi) is 9.98. The molecule has 0 unspecified atom stereocenters. The number of benzene rings is 6. The zero-order valence-electron chi connectivity index (χ0n) is 25.1. The summed E-state index contributed by atoms with van der Waals surface area (Å²) in [6, 6.07) is 49.0. The summed E-state index contributed by atoms with van der Waals surface area (Å²) < 4.78 is 6.57. The molecule has 47 heavy (non-hydrogen) atoms. The van der Waals surface area contributed by atoms with Crippen molar-refractivity contribution in [3.05, 3.63) is 192 Å². The molecule has 228 valence electrons. The van der Waals surface area contributed by atoms with Crippen molar-refractivity contribution in [2.75, 3.05) is 0 Å². The van der Waals surface area contributed by atoms with E-state index in [1.807, 2.05) is 24.3 Å². The van der Waals surface area contributed by atoms with E-state index in [0.29, 0.717) is 44.4 Å². The molecule has 0 fully saturated rings. The summed E-state index contributed by atoms with van der Waals surface area (Å²) in [5.74, 6) is 0.600. The van der Waals surface area contributed by atoms with E-state index in [1.165, 1.54) is 0 Å². The third kappa shape index (κ3) is 7.08. The maximum absolute atomic E-state index is 14.1. The maximum atomic E-state index is 14.1. The van der Waals surface area contributed by atoms with E-state index in [-0.39, 0.29) is 22.1 Å². The molecule has 0 spiro atoms. The first-order valence-electron chi connectivity index (χ1n) is 14.9. The predicted molar refractivity (Wildman–Crippen MR) is 189 cm³/mol. The van der Waals surface area contributed by atoms with Crippen LogP contribution in [0.3, 0.4) is 0 Å². The summed E-state index contributed by atoms with van der Waals surface area (Å²) in [5.41, 5.74) is 0.456.